The smallest absolute Gasteiger partial charge is 0.255 e. The minimum absolute atomic E-state index is 0.222. The van der Waals surface area contributed by atoms with Gasteiger partial charge in [0.1, 0.15) is 0 Å². The molecule has 4 nitrogen and oxygen atoms in total. The van der Waals surface area contributed by atoms with Gasteiger partial charge in [-0.15, -0.1) is 0 Å². The van der Waals surface area contributed by atoms with Crippen LogP contribution in [0.5, 0.6) is 0 Å². The van der Waals surface area contributed by atoms with Crippen molar-refractivity contribution >= 4 is 22.3 Å². The van der Waals surface area contributed by atoms with Crippen molar-refractivity contribution in [1.29, 1.82) is 0 Å². The monoisotopic (exact) mass is 272 g/mol. The summed E-state index contributed by atoms with van der Waals surface area (Å²) >= 11 is 0.932. The maximum absolute atomic E-state index is 11.9. The predicted molar refractivity (Wildman–Crippen MR) is 76.9 cm³/mol. The largest absolute Gasteiger partial charge is 0.341 e. The molecule has 0 aliphatic heterocycles. The summed E-state index contributed by atoms with van der Waals surface area (Å²) in [4.78, 5) is 23.4. The van der Waals surface area contributed by atoms with Crippen molar-refractivity contribution in [3.63, 3.8) is 0 Å². The lowest BCUT2D eigenvalue weighted by Crippen LogP contribution is -2.28. The summed E-state index contributed by atoms with van der Waals surface area (Å²) in [5.41, 5.74) is 0.721. The van der Waals surface area contributed by atoms with E-state index >= 15 is 0 Å². The van der Waals surface area contributed by atoms with Gasteiger partial charge in [0.25, 0.3) is 0 Å². The van der Waals surface area contributed by atoms with E-state index in [1.165, 1.54) is 8.52 Å². The van der Waals surface area contributed by atoms with Gasteiger partial charge in [0.2, 0.25) is 0 Å². The van der Waals surface area contributed by atoms with Crippen molar-refractivity contribution in [2.75, 3.05) is 0 Å². The molecular formula is C14H12N2O2S. The van der Waals surface area contributed by atoms with Crippen LogP contribution in [-0.4, -0.2) is 8.52 Å². The first-order valence-corrected chi connectivity index (χ1v) is 6.68. The molecule has 0 radical (unpaired) electrons. The quantitative estimate of drug-likeness (QED) is 0.714. The molecule has 96 valence electrons. The van der Waals surface area contributed by atoms with Gasteiger partial charge in [-0.1, -0.05) is 42.5 Å². The lowest BCUT2D eigenvalue weighted by atomic mass is 10.0. The molecule has 0 aliphatic rings. The highest BCUT2D eigenvalue weighted by molar-refractivity contribution is 7.03. The van der Waals surface area contributed by atoms with Crippen LogP contribution in [0.4, 0.5) is 0 Å². The molecule has 1 heterocycles. The van der Waals surface area contributed by atoms with E-state index in [4.69, 9.17) is 0 Å². The number of benzene rings is 2. The Labute approximate surface area is 113 Å². The Bertz CT molecular complexity index is 852. The van der Waals surface area contributed by atoms with Crippen molar-refractivity contribution < 1.29 is 0 Å². The third kappa shape index (κ3) is 2.02. The summed E-state index contributed by atoms with van der Waals surface area (Å²) in [6.45, 7) is 0.316. The number of fused-ring (bicyclic) bond motifs is 1. The van der Waals surface area contributed by atoms with Crippen molar-refractivity contribution in [1.82, 2.24) is 8.52 Å². The summed E-state index contributed by atoms with van der Waals surface area (Å²) in [5, 5.41) is 2.19. The standard InChI is InChI=1S/C14H12N2O2S/c1-15-13(17)16(14(18)19-15)9-11-7-4-6-10-5-2-3-8-12(10)11/h2-8H,9H2,1H3. The molecule has 0 saturated heterocycles. The van der Waals surface area contributed by atoms with Crippen LogP contribution in [0.25, 0.3) is 10.8 Å². The zero-order valence-corrected chi connectivity index (χ0v) is 11.2. The molecular weight excluding hydrogens is 260 g/mol. The van der Waals surface area contributed by atoms with Crippen LogP contribution in [0.2, 0.25) is 0 Å². The first kappa shape index (κ1) is 11.9. The molecule has 19 heavy (non-hydrogen) atoms. The second-order valence-corrected chi connectivity index (χ2v) is 5.44. The molecule has 0 spiro atoms. The van der Waals surface area contributed by atoms with Gasteiger partial charge in [-0.05, 0) is 16.3 Å². The van der Waals surface area contributed by atoms with Crippen molar-refractivity contribution in [3.8, 4) is 0 Å². The number of nitrogens with zero attached hydrogens (tertiary/aromatic N) is 2. The maximum atomic E-state index is 11.9. The summed E-state index contributed by atoms with van der Waals surface area (Å²) in [6.07, 6.45) is 0. The van der Waals surface area contributed by atoms with Crippen LogP contribution >= 0.6 is 11.5 Å². The van der Waals surface area contributed by atoms with E-state index in [9.17, 15) is 9.59 Å². The van der Waals surface area contributed by atoms with Gasteiger partial charge in [-0.25, -0.2) is 13.3 Å². The Hall–Kier alpha value is -2.14. The third-order valence-electron chi connectivity index (χ3n) is 3.14. The van der Waals surface area contributed by atoms with Gasteiger partial charge in [-0.2, -0.15) is 0 Å². The molecule has 0 aliphatic carbocycles. The summed E-state index contributed by atoms with van der Waals surface area (Å²) in [7, 11) is 1.61. The molecule has 0 fully saturated rings. The number of hydrogen-bond acceptors (Lipinski definition) is 3. The maximum Gasteiger partial charge on any atom is 0.341 e. The zero-order valence-electron chi connectivity index (χ0n) is 10.4. The predicted octanol–water partition coefficient (Wildman–Crippen LogP) is 1.81. The van der Waals surface area contributed by atoms with Gasteiger partial charge >= 0.3 is 10.6 Å². The molecule has 5 heteroatoms. The van der Waals surface area contributed by atoms with Crippen LogP contribution in [0.1, 0.15) is 5.56 Å². The SMILES string of the molecule is Cn1sc(=O)n(Cc2cccc3ccccc23)c1=O. The third-order valence-corrected chi connectivity index (χ3v) is 3.95. The minimum atomic E-state index is -0.261. The average molecular weight is 272 g/mol. The molecule has 3 rings (SSSR count). The number of rotatable bonds is 2. The topological polar surface area (TPSA) is 44.0 Å². The molecule has 0 unspecified atom stereocenters. The Balaban J connectivity index is 2.16. The lowest BCUT2D eigenvalue weighted by molar-refractivity contribution is 0.709. The molecule has 0 amide bonds. The summed E-state index contributed by atoms with van der Waals surface area (Å²) < 4.78 is 2.62. The fourth-order valence-corrected chi connectivity index (χ4v) is 2.84. The van der Waals surface area contributed by atoms with Crippen LogP contribution < -0.4 is 10.6 Å². The number of hydrogen-bond donors (Lipinski definition) is 0. The molecule has 2 aromatic carbocycles. The first-order valence-electron chi connectivity index (χ1n) is 5.90. The fourth-order valence-electron chi connectivity index (χ4n) is 2.19. The van der Waals surface area contributed by atoms with Crippen LogP contribution in [0, 0.1) is 0 Å². The van der Waals surface area contributed by atoms with Gasteiger partial charge in [0.15, 0.2) is 0 Å². The molecule has 0 N–H and O–H groups in total. The molecule has 0 bridgehead atoms. The van der Waals surface area contributed by atoms with Gasteiger partial charge in [-0.3, -0.25) is 4.79 Å². The molecule has 0 atom stereocenters. The van der Waals surface area contributed by atoms with Gasteiger partial charge in [0, 0.05) is 18.6 Å². The summed E-state index contributed by atoms with van der Waals surface area (Å²) in [6, 6.07) is 13.9. The number of aryl methyl sites for hydroxylation is 1. The van der Waals surface area contributed by atoms with E-state index in [1.54, 1.807) is 7.05 Å². The van der Waals surface area contributed by atoms with Crippen LogP contribution in [0.15, 0.2) is 52.1 Å². The average Bonchev–Trinajstić information content (AvgIpc) is 2.66. The van der Waals surface area contributed by atoms with E-state index in [2.05, 4.69) is 0 Å². The van der Waals surface area contributed by atoms with Gasteiger partial charge < -0.3 is 0 Å². The molecule has 3 aromatic rings. The van der Waals surface area contributed by atoms with Crippen molar-refractivity contribution in [2.24, 2.45) is 7.05 Å². The fraction of sp³-hybridized carbons (Fsp3) is 0.143. The van der Waals surface area contributed by atoms with Gasteiger partial charge in [0.05, 0.1) is 6.54 Å². The lowest BCUT2D eigenvalue weighted by Gasteiger charge is -2.05. The zero-order chi connectivity index (χ0) is 13.4. The van der Waals surface area contributed by atoms with E-state index in [1.807, 2.05) is 42.5 Å². The van der Waals surface area contributed by atoms with Crippen LogP contribution in [0.3, 0.4) is 0 Å². The second kappa shape index (κ2) is 4.51. The van der Waals surface area contributed by atoms with Crippen LogP contribution in [-0.2, 0) is 13.6 Å². The normalized spacial score (nSPS) is 11.0. The Morgan fingerprint density at radius 2 is 1.79 bits per heavy atom. The van der Waals surface area contributed by atoms with E-state index in [0.29, 0.717) is 6.54 Å². The number of aromatic nitrogens is 2. The second-order valence-electron chi connectivity index (χ2n) is 4.36. The summed E-state index contributed by atoms with van der Waals surface area (Å²) in [5.74, 6) is 0. The Kier molecular flexibility index (Phi) is 2.83. The molecule has 1 aromatic heterocycles. The highest BCUT2D eigenvalue weighted by Crippen LogP contribution is 2.18. The van der Waals surface area contributed by atoms with E-state index < -0.39 is 0 Å². The Morgan fingerprint density at radius 1 is 1.05 bits per heavy atom. The van der Waals surface area contributed by atoms with Crippen molar-refractivity contribution in [2.45, 2.75) is 6.54 Å². The highest BCUT2D eigenvalue weighted by atomic mass is 32.1. The van der Waals surface area contributed by atoms with E-state index in [-0.39, 0.29) is 10.6 Å². The first-order chi connectivity index (χ1) is 9.16. The minimum Gasteiger partial charge on any atom is -0.255 e. The van der Waals surface area contributed by atoms with E-state index in [0.717, 1.165) is 27.9 Å². The Morgan fingerprint density at radius 3 is 2.53 bits per heavy atom. The molecule has 0 saturated carbocycles. The van der Waals surface area contributed by atoms with Crippen molar-refractivity contribution in [3.05, 3.63) is 68.2 Å². The highest BCUT2D eigenvalue weighted by Gasteiger charge is 2.09.